The molecule has 0 aromatic heterocycles. The Morgan fingerprint density at radius 3 is 2.94 bits per heavy atom. The van der Waals surface area contributed by atoms with Crippen LogP contribution >= 0.6 is 12.4 Å². The van der Waals surface area contributed by atoms with Crippen LogP contribution in [0.25, 0.3) is 0 Å². The van der Waals surface area contributed by atoms with Crippen LogP contribution in [0.15, 0.2) is 0 Å². The van der Waals surface area contributed by atoms with Gasteiger partial charge in [-0.1, -0.05) is 0 Å². The molecule has 2 unspecified atom stereocenters. The summed E-state index contributed by atoms with van der Waals surface area (Å²) in [6.07, 6.45) is 3.18. The third-order valence-electron chi connectivity index (χ3n) is 3.60. The maximum absolute atomic E-state index is 12.2. The van der Waals surface area contributed by atoms with E-state index in [1.165, 1.54) is 0 Å². The molecule has 1 N–H and O–H groups in total. The van der Waals surface area contributed by atoms with Gasteiger partial charge in [0, 0.05) is 19.7 Å². The van der Waals surface area contributed by atoms with E-state index in [1.807, 2.05) is 11.9 Å². The zero-order chi connectivity index (χ0) is 11.4. The van der Waals surface area contributed by atoms with Crippen LogP contribution in [0.4, 0.5) is 0 Å². The third-order valence-corrected chi connectivity index (χ3v) is 3.60. The molecule has 4 nitrogen and oxygen atoms in total. The monoisotopic (exact) mass is 262 g/mol. The lowest BCUT2D eigenvalue weighted by Gasteiger charge is -2.26. The van der Waals surface area contributed by atoms with E-state index in [9.17, 15) is 4.79 Å². The molecular weight excluding hydrogens is 240 g/mol. The summed E-state index contributed by atoms with van der Waals surface area (Å²) in [6.45, 7) is 4.33. The van der Waals surface area contributed by atoms with Crippen molar-refractivity contribution in [2.45, 2.75) is 19.3 Å². The summed E-state index contributed by atoms with van der Waals surface area (Å²) in [5.41, 5.74) is 0. The highest BCUT2D eigenvalue weighted by molar-refractivity contribution is 5.85. The molecule has 17 heavy (non-hydrogen) atoms. The van der Waals surface area contributed by atoms with E-state index in [-0.39, 0.29) is 18.3 Å². The number of amides is 1. The second kappa shape index (κ2) is 7.19. The van der Waals surface area contributed by atoms with Gasteiger partial charge in [0.25, 0.3) is 0 Å². The van der Waals surface area contributed by atoms with Crippen LogP contribution in [-0.4, -0.2) is 50.7 Å². The van der Waals surface area contributed by atoms with Gasteiger partial charge >= 0.3 is 0 Å². The first-order valence-electron chi connectivity index (χ1n) is 6.32. The normalized spacial score (nSPS) is 28.9. The number of hydrogen-bond donors (Lipinski definition) is 1. The molecule has 100 valence electrons. The second-order valence-corrected chi connectivity index (χ2v) is 4.91. The summed E-state index contributed by atoms with van der Waals surface area (Å²) < 4.78 is 5.38. The van der Waals surface area contributed by atoms with Crippen LogP contribution in [0, 0.1) is 11.8 Å². The molecule has 5 heteroatoms. The topological polar surface area (TPSA) is 41.6 Å². The van der Waals surface area contributed by atoms with Crippen molar-refractivity contribution in [3.8, 4) is 0 Å². The fraction of sp³-hybridized carbons (Fsp3) is 0.917. The first-order chi connectivity index (χ1) is 7.81. The molecule has 0 radical (unpaired) electrons. The van der Waals surface area contributed by atoms with Crippen molar-refractivity contribution in [1.82, 2.24) is 10.2 Å². The van der Waals surface area contributed by atoms with Crippen molar-refractivity contribution >= 4 is 18.3 Å². The summed E-state index contributed by atoms with van der Waals surface area (Å²) in [4.78, 5) is 14.2. The van der Waals surface area contributed by atoms with Crippen molar-refractivity contribution < 1.29 is 9.53 Å². The van der Waals surface area contributed by atoms with Crippen molar-refractivity contribution in [2.75, 3.05) is 39.9 Å². The molecule has 0 aromatic rings. The molecule has 0 aromatic carbocycles. The van der Waals surface area contributed by atoms with Crippen molar-refractivity contribution in [1.29, 1.82) is 0 Å². The molecule has 2 atom stereocenters. The molecular formula is C12H23ClN2O2. The highest BCUT2D eigenvalue weighted by Crippen LogP contribution is 2.21. The second-order valence-electron chi connectivity index (χ2n) is 4.91. The largest absolute Gasteiger partial charge is 0.381 e. The predicted molar refractivity (Wildman–Crippen MR) is 69.4 cm³/mol. The first kappa shape index (κ1) is 14.7. The molecule has 2 aliphatic heterocycles. The minimum Gasteiger partial charge on any atom is -0.381 e. The van der Waals surface area contributed by atoms with E-state index in [0.29, 0.717) is 18.4 Å². The Morgan fingerprint density at radius 1 is 1.47 bits per heavy atom. The Balaban J connectivity index is 0.00000144. The van der Waals surface area contributed by atoms with Crippen molar-refractivity contribution in [3.63, 3.8) is 0 Å². The van der Waals surface area contributed by atoms with E-state index in [2.05, 4.69) is 5.32 Å². The van der Waals surface area contributed by atoms with Crippen LogP contribution in [0.5, 0.6) is 0 Å². The van der Waals surface area contributed by atoms with Gasteiger partial charge in [0.15, 0.2) is 0 Å². The average Bonchev–Trinajstić information content (AvgIpc) is 2.78. The highest BCUT2D eigenvalue weighted by Gasteiger charge is 2.31. The number of carbonyl (C=O) groups is 1. The van der Waals surface area contributed by atoms with E-state index >= 15 is 0 Å². The van der Waals surface area contributed by atoms with E-state index in [4.69, 9.17) is 4.74 Å². The Labute approximate surface area is 109 Å². The van der Waals surface area contributed by atoms with E-state index < -0.39 is 0 Å². The quantitative estimate of drug-likeness (QED) is 0.822. The number of nitrogens with zero attached hydrogens (tertiary/aromatic N) is 1. The predicted octanol–water partition coefficient (Wildman–Crippen LogP) is 0.903. The molecule has 2 fully saturated rings. The Kier molecular flexibility index (Phi) is 6.23. The number of nitrogens with one attached hydrogen (secondary N) is 1. The molecule has 0 saturated carbocycles. The average molecular weight is 263 g/mol. The van der Waals surface area contributed by atoms with Crippen molar-refractivity contribution in [2.24, 2.45) is 11.8 Å². The summed E-state index contributed by atoms with van der Waals surface area (Å²) in [6, 6.07) is 0. The number of likely N-dealkylation sites (tertiary alicyclic amines) is 1. The maximum Gasteiger partial charge on any atom is 0.228 e. The standard InChI is InChI=1S/C12H22N2O2.ClH/c1-13-7-10-4-5-14(8-10)12(15)11-3-2-6-16-9-11;/h10-11,13H,2-9H2,1H3;1H. The zero-order valence-electron chi connectivity index (χ0n) is 10.5. The van der Waals surface area contributed by atoms with Gasteiger partial charge < -0.3 is 15.0 Å². The number of ether oxygens (including phenoxy) is 1. The fourth-order valence-corrected chi connectivity index (χ4v) is 2.68. The van der Waals surface area contributed by atoms with Gasteiger partial charge in [-0.2, -0.15) is 0 Å². The Morgan fingerprint density at radius 2 is 2.29 bits per heavy atom. The molecule has 2 saturated heterocycles. The van der Waals surface area contributed by atoms with Crippen LogP contribution in [0.3, 0.4) is 0 Å². The lowest BCUT2D eigenvalue weighted by Crippen LogP contribution is -2.38. The van der Waals surface area contributed by atoms with E-state index in [1.54, 1.807) is 0 Å². The van der Waals surface area contributed by atoms with Gasteiger partial charge in [-0.3, -0.25) is 4.79 Å². The molecule has 1 amide bonds. The number of hydrogen-bond acceptors (Lipinski definition) is 3. The number of halogens is 1. The summed E-state index contributed by atoms with van der Waals surface area (Å²) in [5, 5.41) is 3.19. The summed E-state index contributed by atoms with van der Waals surface area (Å²) >= 11 is 0. The van der Waals surface area contributed by atoms with Crippen LogP contribution in [-0.2, 0) is 9.53 Å². The van der Waals surface area contributed by atoms with Crippen LogP contribution in [0.1, 0.15) is 19.3 Å². The smallest absolute Gasteiger partial charge is 0.228 e. The van der Waals surface area contributed by atoms with Crippen molar-refractivity contribution in [3.05, 3.63) is 0 Å². The van der Waals surface area contributed by atoms with Gasteiger partial charge in [-0.25, -0.2) is 0 Å². The van der Waals surface area contributed by atoms with Crippen LogP contribution in [0.2, 0.25) is 0 Å². The minimum atomic E-state index is 0. The van der Waals surface area contributed by atoms with E-state index in [0.717, 1.165) is 45.5 Å². The highest BCUT2D eigenvalue weighted by atomic mass is 35.5. The number of rotatable bonds is 3. The van der Waals surface area contributed by atoms with Gasteiger partial charge in [-0.05, 0) is 38.8 Å². The van der Waals surface area contributed by atoms with Gasteiger partial charge in [0.1, 0.15) is 0 Å². The molecule has 0 spiro atoms. The SMILES string of the molecule is CNCC1CCN(C(=O)C2CCCOC2)C1.Cl. The van der Waals surface area contributed by atoms with Gasteiger partial charge in [0.2, 0.25) is 5.91 Å². The lowest BCUT2D eigenvalue weighted by molar-refractivity contribution is -0.138. The fourth-order valence-electron chi connectivity index (χ4n) is 2.68. The molecule has 2 rings (SSSR count). The third kappa shape index (κ3) is 3.83. The van der Waals surface area contributed by atoms with Gasteiger partial charge in [0.05, 0.1) is 12.5 Å². The minimum absolute atomic E-state index is 0. The molecule has 0 bridgehead atoms. The summed E-state index contributed by atoms with van der Waals surface area (Å²) in [7, 11) is 1.97. The first-order valence-corrected chi connectivity index (χ1v) is 6.32. The number of carbonyl (C=O) groups excluding carboxylic acids is 1. The zero-order valence-corrected chi connectivity index (χ0v) is 11.3. The maximum atomic E-state index is 12.2. The Bertz CT molecular complexity index is 245. The molecule has 0 aliphatic carbocycles. The Hall–Kier alpha value is -0.320. The molecule has 2 heterocycles. The summed E-state index contributed by atoms with van der Waals surface area (Å²) in [5.74, 6) is 1.08. The van der Waals surface area contributed by atoms with Gasteiger partial charge in [-0.15, -0.1) is 12.4 Å². The lowest BCUT2D eigenvalue weighted by atomic mass is 10.0. The molecule has 2 aliphatic rings. The van der Waals surface area contributed by atoms with Crippen LogP contribution < -0.4 is 5.32 Å².